The molecule has 0 aromatic carbocycles. The SMILES string of the molecule is COC(=O)C(C)c1scc2c1OCCO2. The van der Waals surface area contributed by atoms with Crippen LogP contribution < -0.4 is 9.47 Å². The first-order chi connectivity index (χ1) is 7.24. The van der Waals surface area contributed by atoms with Crippen LogP contribution in [-0.2, 0) is 9.53 Å². The molecule has 0 amide bonds. The minimum atomic E-state index is -0.301. The quantitative estimate of drug-likeness (QED) is 0.724. The molecule has 15 heavy (non-hydrogen) atoms. The van der Waals surface area contributed by atoms with E-state index in [2.05, 4.69) is 0 Å². The van der Waals surface area contributed by atoms with Gasteiger partial charge in [0, 0.05) is 5.38 Å². The predicted molar refractivity (Wildman–Crippen MR) is 55.7 cm³/mol. The molecule has 1 aromatic heterocycles. The molecule has 4 nitrogen and oxygen atoms in total. The van der Waals surface area contributed by atoms with Crippen LogP contribution in [0, 0.1) is 0 Å². The van der Waals surface area contributed by atoms with Crippen molar-refractivity contribution < 1.29 is 19.0 Å². The summed E-state index contributed by atoms with van der Waals surface area (Å²) in [5.41, 5.74) is 0. The standard InChI is InChI=1S/C10H12O4S/c1-6(10(11)12-2)9-8-7(5-15-9)13-3-4-14-8/h5-6H,3-4H2,1-2H3. The summed E-state index contributed by atoms with van der Waals surface area (Å²) < 4.78 is 15.6. The number of fused-ring (bicyclic) bond motifs is 1. The van der Waals surface area contributed by atoms with E-state index in [1.54, 1.807) is 6.92 Å². The van der Waals surface area contributed by atoms with Crippen molar-refractivity contribution in [2.24, 2.45) is 0 Å². The number of methoxy groups -OCH3 is 1. The molecule has 0 aliphatic carbocycles. The molecule has 0 spiro atoms. The Hall–Kier alpha value is -1.23. The van der Waals surface area contributed by atoms with Gasteiger partial charge in [-0.1, -0.05) is 0 Å². The van der Waals surface area contributed by atoms with E-state index in [0.717, 1.165) is 10.6 Å². The number of esters is 1. The largest absolute Gasteiger partial charge is 0.485 e. The van der Waals surface area contributed by atoms with Crippen molar-refractivity contribution in [2.45, 2.75) is 12.8 Å². The summed E-state index contributed by atoms with van der Waals surface area (Å²) in [7, 11) is 1.39. The molecule has 0 saturated heterocycles. The lowest BCUT2D eigenvalue weighted by Crippen LogP contribution is -2.16. The van der Waals surface area contributed by atoms with Crippen LogP contribution in [0.25, 0.3) is 0 Å². The van der Waals surface area contributed by atoms with Gasteiger partial charge >= 0.3 is 5.97 Å². The van der Waals surface area contributed by atoms with Crippen molar-refractivity contribution in [1.29, 1.82) is 0 Å². The predicted octanol–water partition coefficient (Wildman–Crippen LogP) is 1.80. The average molecular weight is 228 g/mol. The fourth-order valence-electron chi connectivity index (χ4n) is 1.47. The molecule has 5 heteroatoms. The number of hydrogen-bond donors (Lipinski definition) is 0. The molecule has 2 heterocycles. The minimum absolute atomic E-state index is 0.256. The first kappa shape index (κ1) is 10.3. The number of carbonyl (C=O) groups is 1. The van der Waals surface area contributed by atoms with Gasteiger partial charge in [0.05, 0.1) is 17.9 Å². The second-order valence-corrected chi connectivity index (χ2v) is 4.15. The third-order valence-electron chi connectivity index (χ3n) is 2.28. The molecular formula is C10H12O4S. The van der Waals surface area contributed by atoms with Gasteiger partial charge in [-0.3, -0.25) is 4.79 Å². The molecule has 1 aliphatic heterocycles. The Morgan fingerprint density at radius 3 is 3.00 bits per heavy atom. The monoisotopic (exact) mass is 228 g/mol. The summed E-state index contributed by atoms with van der Waals surface area (Å²) in [5, 5.41) is 1.86. The van der Waals surface area contributed by atoms with E-state index in [-0.39, 0.29) is 11.9 Å². The smallest absolute Gasteiger partial charge is 0.313 e. The van der Waals surface area contributed by atoms with E-state index in [0.29, 0.717) is 19.0 Å². The van der Waals surface area contributed by atoms with Gasteiger partial charge in [0.1, 0.15) is 13.2 Å². The Morgan fingerprint density at radius 2 is 2.27 bits per heavy atom. The molecule has 0 radical (unpaired) electrons. The van der Waals surface area contributed by atoms with Gasteiger partial charge in [0.15, 0.2) is 11.5 Å². The van der Waals surface area contributed by atoms with Crippen molar-refractivity contribution in [3.8, 4) is 11.5 Å². The van der Waals surface area contributed by atoms with Crippen LogP contribution in [0.15, 0.2) is 5.38 Å². The van der Waals surface area contributed by atoms with Crippen molar-refractivity contribution in [1.82, 2.24) is 0 Å². The molecule has 82 valence electrons. The zero-order valence-corrected chi connectivity index (χ0v) is 9.43. The van der Waals surface area contributed by atoms with Crippen molar-refractivity contribution in [3.63, 3.8) is 0 Å². The maximum Gasteiger partial charge on any atom is 0.313 e. The Labute approximate surface area is 91.8 Å². The van der Waals surface area contributed by atoms with Crippen molar-refractivity contribution in [3.05, 3.63) is 10.3 Å². The summed E-state index contributed by atoms with van der Waals surface area (Å²) in [4.78, 5) is 12.3. The van der Waals surface area contributed by atoms with Crippen LogP contribution in [-0.4, -0.2) is 26.3 Å². The molecule has 0 saturated carbocycles. The summed E-state index contributed by atoms with van der Waals surface area (Å²) in [6.45, 7) is 2.90. The molecule has 0 fully saturated rings. The number of carbonyl (C=O) groups excluding carboxylic acids is 1. The maximum atomic E-state index is 11.4. The lowest BCUT2D eigenvalue weighted by molar-refractivity contribution is -0.141. The van der Waals surface area contributed by atoms with E-state index < -0.39 is 0 Å². The maximum absolute atomic E-state index is 11.4. The number of hydrogen-bond acceptors (Lipinski definition) is 5. The Bertz CT molecular complexity index is 371. The Kier molecular flexibility index (Phi) is 2.81. The number of ether oxygens (including phenoxy) is 3. The van der Waals surface area contributed by atoms with E-state index in [9.17, 15) is 4.79 Å². The first-order valence-corrected chi connectivity index (χ1v) is 5.56. The third-order valence-corrected chi connectivity index (χ3v) is 3.40. The van der Waals surface area contributed by atoms with Crippen LogP contribution in [0.5, 0.6) is 11.5 Å². The molecular weight excluding hydrogens is 216 g/mol. The summed E-state index contributed by atoms with van der Waals surface area (Å²) in [6.07, 6.45) is 0. The van der Waals surface area contributed by atoms with Gasteiger partial charge in [-0.15, -0.1) is 11.3 Å². The van der Waals surface area contributed by atoms with E-state index in [1.807, 2.05) is 5.38 Å². The second kappa shape index (κ2) is 4.10. The van der Waals surface area contributed by atoms with Crippen molar-refractivity contribution >= 4 is 17.3 Å². The lowest BCUT2D eigenvalue weighted by Gasteiger charge is -2.17. The fourth-order valence-corrected chi connectivity index (χ4v) is 2.44. The number of thiophene rings is 1. The third kappa shape index (κ3) is 1.79. The highest BCUT2D eigenvalue weighted by atomic mass is 32.1. The number of rotatable bonds is 2. The second-order valence-electron chi connectivity index (χ2n) is 3.24. The highest BCUT2D eigenvalue weighted by Gasteiger charge is 2.26. The Balaban J connectivity index is 2.28. The van der Waals surface area contributed by atoms with Gasteiger partial charge < -0.3 is 14.2 Å². The highest BCUT2D eigenvalue weighted by molar-refractivity contribution is 7.10. The van der Waals surface area contributed by atoms with Gasteiger partial charge in [0.25, 0.3) is 0 Å². The zero-order chi connectivity index (χ0) is 10.8. The topological polar surface area (TPSA) is 44.8 Å². The van der Waals surface area contributed by atoms with Gasteiger partial charge in [-0.2, -0.15) is 0 Å². The molecule has 0 N–H and O–H groups in total. The Morgan fingerprint density at radius 1 is 1.53 bits per heavy atom. The summed E-state index contributed by atoms with van der Waals surface area (Å²) in [5.74, 6) is 0.875. The molecule has 1 aromatic rings. The lowest BCUT2D eigenvalue weighted by atomic mass is 10.1. The highest BCUT2D eigenvalue weighted by Crippen LogP contribution is 2.43. The van der Waals surface area contributed by atoms with Crippen molar-refractivity contribution in [2.75, 3.05) is 20.3 Å². The van der Waals surface area contributed by atoms with Crippen LogP contribution in [0.1, 0.15) is 17.7 Å². The van der Waals surface area contributed by atoms with Crippen LogP contribution >= 0.6 is 11.3 Å². The summed E-state index contributed by atoms with van der Waals surface area (Å²) >= 11 is 1.47. The molecule has 1 atom stereocenters. The molecule has 1 aliphatic rings. The van der Waals surface area contributed by atoms with Gasteiger partial charge in [-0.05, 0) is 6.92 Å². The van der Waals surface area contributed by atoms with Crippen LogP contribution in [0.3, 0.4) is 0 Å². The first-order valence-electron chi connectivity index (χ1n) is 4.69. The molecule has 1 unspecified atom stereocenters. The van der Waals surface area contributed by atoms with Gasteiger partial charge in [0.2, 0.25) is 0 Å². The van der Waals surface area contributed by atoms with E-state index >= 15 is 0 Å². The fraction of sp³-hybridized carbons (Fsp3) is 0.500. The van der Waals surface area contributed by atoms with Gasteiger partial charge in [-0.25, -0.2) is 0 Å². The summed E-state index contributed by atoms with van der Waals surface area (Å²) in [6, 6.07) is 0. The van der Waals surface area contributed by atoms with E-state index in [1.165, 1.54) is 18.4 Å². The molecule has 0 bridgehead atoms. The van der Waals surface area contributed by atoms with Crippen LogP contribution in [0.2, 0.25) is 0 Å². The zero-order valence-electron chi connectivity index (χ0n) is 8.61. The minimum Gasteiger partial charge on any atom is -0.485 e. The normalized spacial score (nSPS) is 15.9. The molecule has 2 rings (SSSR count). The average Bonchev–Trinajstić information content (AvgIpc) is 2.70. The van der Waals surface area contributed by atoms with Crippen LogP contribution in [0.4, 0.5) is 0 Å². The van der Waals surface area contributed by atoms with E-state index in [4.69, 9.17) is 14.2 Å².